The van der Waals surface area contributed by atoms with Crippen molar-refractivity contribution in [2.75, 3.05) is 43.4 Å². The number of benzene rings is 2. The van der Waals surface area contributed by atoms with Gasteiger partial charge in [0.25, 0.3) is 5.91 Å². The summed E-state index contributed by atoms with van der Waals surface area (Å²) in [4.78, 5) is 17.3. The Bertz CT molecular complexity index is 897. The summed E-state index contributed by atoms with van der Waals surface area (Å²) in [5.41, 5.74) is 3.47. The van der Waals surface area contributed by atoms with Crippen LogP contribution >= 0.6 is 0 Å². The molecule has 27 heavy (non-hydrogen) atoms. The van der Waals surface area contributed by atoms with E-state index in [0.29, 0.717) is 5.56 Å². The Morgan fingerprint density at radius 3 is 2.44 bits per heavy atom. The van der Waals surface area contributed by atoms with E-state index >= 15 is 0 Å². The van der Waals surface area contributed by atoms with Crippen LogP contribution in [0.3, 0.4) is 0 Å². The van der Waals surface area contributed by atoms with E-state index in [1.807, 2.05) is 60.8 Å². The molecule has 0 saturated carbocycles. The van der Waals surface area contributed by atoms with E-state index in [1.54, 1.807) is 10.9 Å². The first-order valence-electron chi connectivity index (χ1n) is 9.14. The van der Waals surface area contributed by atoms with Gasteiger partial charge in [-0.2, -0.15) is 5.10 Å². The molecule has 1 saturated heterocycles. The lowest BCUT2D eigenvalue weighted by Gasteiger charge is -2.34. The summed E-state index contributed by atoms with van der Waals surface area (Å²) >= 11 is 0. The van der Waals surface area contributed by atoms with Crippen LogP contribution in [0.1, 0.15) is 10.4 Å². The summed E-state index contributed by atoms with van der Waals surface area (Å²) in [5, 5.41) is 7.19. The first-order chi connectivity index (χ1) is 13.2. The molecule has 138 valence electrons. The van der Waals surface area contributed by atoms with Crippen molar-refractivity contribution >= 4 is 17.3 Å². The van der Waals surface area contributed by atoms with Crippen LogP contribution in [0, 0.1) is 0 Å². The average molecular weight is 361 g/mol. The zero-order valence-corrected chi connectivity index (χ0v) is 15.4. The van der Waals surface area contributed by atoms with Gasteiger partial charge in [-0.25, -0.2) is 4.68 Å². The Labute approximate surface area is 159 Å². The van der Waals surface area contributed by atoms with Crippen molar-refractivity contribution in [1.29, 1.82) is 0 Å². The number of nitrogens with one attached hydrogen (secondary N) is 1. The fourth-order valence-electron chi connectivity index (χ4n) is 3.24. The predicted molar refractivity (Wildman–Crippen MR) is 108 cm³/mol. The molecule has 3 aromatic rings. The number of amides is 1. The van der Waals surface area contributed by atoms with Gasteiger partial charge in [-0.05, 0) is 55.6 Å². The maximum absolute atomic E-state index is 12.6. The summed E-state index contributed by atoms with van der Waals surface area (Å²) in [6.45, 7) is 4.16. The minimum atomic E-state index is -0.113. The quantitative estimate of drug-likeness (QED) is 0.776. The van der Waals surface area contributed by atoms with Gasteiger partial charge in [0.1, 0.15) is 0 Å². The molecule has 2 heterocycles. The lowest BCUT2D eigenvalue weighted by atomic mass is 10.1. The molecule has 0 unspecified atom stereocenters. The van der Waals surface area contributed by atoms with Crippen LogP contribution in [0.5, 0.6) is 0 Å². The maximum atomic E-state index is 12.6. The number of piperazine rings is 1. The normalized spacial score (nSPS) is 14.9. The average Bonchev–Trinajstić information content (AvgIpc) is 3.24. The highest BCUT2D eigenvalue weighted by molar-refractivity contribution is 6.04. The lowest BCUT2D eigenvalue weighted by Crippen LogP contribution is -2.44. The van der Waals surface area contributed by atoms with E-state index in [-0.39, 0.29) is 5.91 Å². The van der Waals surface area contributed by atoms with Gasteiger partial charge in [0.15, 0.2) is 0 Å². The fourth-order valence-corrected chi connectivity index (χ4v) is 3.24. The third kappa shape index (κ3) is 4.01. The molecular weight excluding hydrogens is 338 g/mol. The first-order valence-corrected chi connectivity index (χ1v) is 9.14. The van der Waals surface area contributed by atoms with E-state index in [1.165, 1.54) is 5.69 Å². The topological polar surface area (TPSA) is 53.4 Å². The predicted octanol–water partition coefficient (Wildman–Crippen LogP) is 2.88. The van der Waals surface area contributed by atoms with Crippen LogP contribution < -0.4 is 10.2 Å². The van der Waals surface area contributed by atoms with Crippen LogP contribution in [0.25, 0.3) is 5.69 Å². The molecule has 0 atom stereocenters. The van der Waals surface area contributed by atoms with E-state index < -0.39 is 0 Å². The molecule has 6 nitrogen and oxygen atoms in total. The van der Waals surface area contributed by atoms with Crippen molar-refractivity contribution < 1.29 is 4.79 Å². The standard InChI is InChI=1S/C21H23N5O/c1-24-12-14-25(15-13-24)19-8-6-17(7-9-19)21(27)23-18-4-2-5-20(16-18)26-11-3-10-22-26/h2-11,16H,12-15H2,1H3,(H,23,27). The highest BCUT2D eigenvalue weighted by Gasteiger charge is 2.15. The van der Waals surface area contributed by atoms with Crippen molar-refractivity contribution in [2.24, 2.45) is 0 Å². The van der Waals surface area contributed by atoms with Gasteiger partial charge in [0.2, 0.25) is 0 Å². The van der Waals surface area contributed by atoms with Crippen LogP contribution in [-0.2, 0) is 0 Å². The van der Waals surface area contributed by atoms with Crippen LogP contribution in [-0.4, -0.2) is 53.8 Å². The van der Waals surface area contributed by atoms with E-state index in [9.17, 15) is 4.79 Å². The molecule has 1 N–H and O–H groups in total. The third-order valence-electron chi connectivity index (χ3n) is 4.87. The Morgan fingerprint density at radius 1 is 0.963 bits per heavy atom. The summed E-state index contributed by atoms with van der Waals surface area (Å²) in [6.07, 6.45) is 3.60. The Hall–Kier alpha value is -3.12. The minimum absolute atomic E-state index is 0.113. The highest BCUT2D eigenvalue weighted by atomic mass is 16.1. The number of rotatable bonds is 4. The Balaban J connectivity index is 1.43. The molecule has 1 aliphatic rings. The largest absolute Gasteiger partial charge is 0.369 e. The van der Waals surface area contributed by atoms with Gasteiger partial charge < -0.3 is 15.1 Å². The Morgan fingerprint density at radius 2 is 1.74 bits per heavy atom. The Kier molecular flexibility index (Phi) is 4.89. The van der Waals surface area contributed by atoms with Crippen LogP contribution in [0.15, 0.2) is 67.0 Å². The van der Waals surface area contributed by atoms with Crippen LogP contribution in [0.2, 0.25) is 0 Å². The second kappa shape index (κ2) is 7.63. The molecule has 1 amide bonds. The molecule has 0 spiro atoms. The summed E-state index contributed by atoms with van der Waals surface area (Å²) < 4.78 is 1.76. The molecule has 0 aliphatic carbocycles. The molecule has 1 aromatic heterocycles. The number of hydrogen-bond donors (Lipinski definition) is 1. The summed E-state index contributed by atoms with van der Waals surface area (Å²) in [6, 6.07) is 17.3. The van der Waals surface area contributed by atoms with Crippen LogP contribution in [0.4, 0.5) is 11.4 Å². The maximum Gasteiger partial charge on any atom is 0.255 e. The number of carbonyl (C=O) groups is 1. The van der Waals surface area contributed by atoms with E-state index in [0.717, 1.165) is 37.6 Å². The van der Waals surface area contributed by atoms with Gasteiger partial charge in [0.05, 0.1) is 5.69 Å². The SMILES string of the molecule is CN1CCN(c2ccc(C(=O)Nc3cccc(-n4cccn4)c3)cc2)CC1. The van der Waals surface area contributed by atoms with Crippen molar-refractivity contribution in [3.63, 3.8) is 0 Å². The lowest BCUT2D eigenvalue weighted by molar-refractivity contribution is 0.102. The molecule has 0 bridgehead atoms. The molecule has 0 radical (unpaired) electrons. The van der Waals surface area contributed by atoms with Crippen molar-refractivity contribution in [2.45, 2.75) is 0 Å². The van der Waals surface area contributed by atoms with Gasteiger partial charge >= 0.3 is 0 Å². The molecule has 2 aromatic carbocycles. The molecule has 6 heteroatoms. The van der Waals surface area contributed by atoms with Gasteiger partial charge in [0, 0.05) is 55.5 Å². The van der Waals surface area contributed by atoms with Gasteiger partial charge in [-0.3, -0.25) is 4.79 Å². The van der Waals surface area contributed by atoms with Crippen molar-refractivity contribution in [3.8, 4) is 5.69 Å². The zero-order chi connectivity index (χ0) is 18.6. The summed E-state index contributed by atoms with van der Waals surface area (Å²) in [5.74, 6) is -0.113. The second-order valence-electron chi connectivity index (χ2n) is 6.79. The smallest absolute Gasteiger partial charge is 0.255 e. The third-order valence-corrected chi connectivity index (χ3v) is 4.87. The number of carbonyl (C=O) groups excluding carboxylic acids is 1. The fraction of sp³-hybridized carbons (Fsp3) is 0.238. The van der Waals surface area contributed by atoms with E-state index in [4.69, 9.17) is 0 Å². The van der Waals surface area contributed by atoms with Gasteiger partial charge in [-0.1, -0.05) is 6.07 Å². The number of anilines is 2. The summed E-state index contributed by atoms with van der Waals surface area (Å²) in [7, 11) is 2.14. The minimum Gasteiger partial charge on any atom is -0.369 e. The molecular formula is C21H23N5O. The number of nitrogens with zero attached hydrogens (tertiary/aromatic N) is 4. The number of likely N-dealkylation sites (N-methyl/N-ethyl adjacent to an activating group) is 1. The zero-order valence-electron chi connectivity index (χ0n) is 15.4. The molecule has 1 fully saturated rings. The molecule has 1 aliphatic heterocycles. The highest BCUT2D eigenvalue weighted by Crippen LogP contribution is 2.19. The monoisotopic (exact) mass is 361 g/mol. The molecule has 4 rings (SSSR count). The number of hydrogen-bond acceptors (Lipinski definition) is 4. The van der Waals surface area contributed by atoms with Crippen molar-refractivity contribution in [1.82, 2.24) is 14.7 Å². The first kappa shape index (κ1) is 17.3. The second-order valence-corrected chi connectivity index (χ2v) is 6.79. The van der Waals surface area contributed by atoms with E-state index in [2.05, 4.69) is 27.3 Å². The van der Waals surface area contributed by atoms with Gasteiger partial charge in [-0.15, -0.1) is 0 Å². The number of aromatic nitrogens is 2. The van der Waals surface area contributed by atoms with Crippen molar-refractivity contribution in [3.05, 3.63) is 72.6 Å².